The molecule has 0 aliphatic carbocycles. The molecule has 0 spiro atoms. The molecule has 1 rings (SSSR count). The molecule has 0 aromatic carbocycles. The van der Waals surface area contributed by atoms with Crippen molar-refractivity contribution in [1.29, 1.82) is 0 Å². The Morgan fingerprint density at radius 3 is 2.26 bits per heavy atom. The van der Waals surface area contributed by atoms with Crippen molar-refractivity contribution in [3.8, 4) is 0 Å². The molecule has 112 valence electrons. The van der Waals surface area contributed by atoms with Gasteiger partial charge < -0.3 is 9.84 Å². The molecule has 1 saturated heterocycles. The Morgan fingerprint density at radius 1 is 1.32 bits per heavy atom. The summed E-state index contributed by atoms with van der Waals surface area (Å²) in [5.74, 6) is -1.01. The second-order valence-electron chi connectivity index (χ2n) is 5.41. The average Bonchev–Trinajstić information content (AvgIpc) is 2.27. The van der Waals surface area contributed by atoms with Crippen LogP contribution in [0.15, 0.2) is 0 Å². The Labute approximate surface area is 114 Å². The van der Waals surface area contributed by atoms with Gasteiger partial charge in [-0.15, -0.1) is 0 Å². The first-order valence-corrected chi connectivity index (χ1v) is 7.63. The lowest BCUT2D eigenvalue weighted by atomic mass is 10.1. The van der Waals surface area contributed by atoms with E-state index in [-0.39, 0.29) is 13.0 Å². The highest BCUT2D eigenvalue weighted by molar-refractivity contribution is 7.86. The van der Waals surface area contributed by atoms with Gasteiger partial charge in [-0.1, -0.05) is 0 Å². The molecule has 0 unspecified atom stereocenters. The monoisotopic (exact) mass is 294 g/mol. The van der Waals surface area contributed by atoms with E-state index in [1.807, 2.05) is 0 Å². The average molecular weight is 294 g/mol. The quantitative estimate of drug-likeness (QED) is 0.779. The molecule has 19 heavy (non-hydrogen) atoms. The first-order valence-electron chi connectivity index (χ1n) is 6.23. The molecule has 1 fully saturated rings. The zero-order chi connectivity index (χ0) is 14.7. The number of hydrogen-bond acceptors (Lipinski definition) is 4. The van der Waals surface area contributed by atoms with Gasteiger partial charge in [0.1, 0.15) is 0 Å². The summed E-state index contributed by atoms with van der Waals surface area (Å²) >= 11 is 0. The molecule has 1 N–H and O–H groups in total. The van der Waals surface area contributed by atoms with Gasteiger partial charge in [-0.2, -0.15) is 17.0 Å². The van der Waals surface area contributed by atoms with Gasteiger partial charge in [0.15, 0.2) is 0 Å². The fourth-order valence-corrected chi connectivity index (χ4v) is 3.81. The zero-order valence-electron chi connectivity index (χ0n) is 11.6. The van der Waals surface area contributed by atoms with Crippen LogP contribution in [-0.2, 0) is 19.7 Å². The van der Waals surface area contributed by atoms with Crippen LogP contribution in [0.2, 0.25) is 0 Å². The Morgan fingerprint density at radius 2 is 1.84 bits per heavy atom. The minimum Gasteiger partial charge on any atom is -0.481 e. The highest BCUT2D eigenvalue weighted by Gasteiger charge is 2.37. The maximum Gasteiger partial charge on any atom is 0.304 e. The van der Waals surface area contributed by atoms with E-state index in [0.717, 1.165) is 0 Å². The molecule has 0 saturated carbocycles. The van der Waals surface area contributed by atoms with Crippen LogP contribution < -0.4 is 0 Å². The number of carboxylic acids is 1. The van der Waals surface area contributed by atoms with Gasteiger partial charge in [0.05, 0.1) is 19.6 Å². The van der Waals surface area contributed by atoms with Gasteiger partial charge >= 0.3 is 5.97 Å². The predicted molar refractivity (Wildman–Crippen MR) is 70.0 cm³/mol. The normalized spacial score (nSPS) is 18.7. The highest BCUT2D eigenvalue weighted by Crippen LogP contribution is 2.22. The Bertz CT molecular complexity index is 409. The largest absolute Gasteiger partial charge is 0.481 e. The highest BCUT2D eigenvalue weighted by atomic mass is 32.2. The van der Waals surface area contributed by atoms with Crippen LogP contribution in [0.3, 0.4) is 0 Å². The lowest BCUT2D eigenvalue weighted by Gasteiger charge is -2.39. The first kappa shape index (κ1) is 16.4. The summed E-state index contributed by atoms with van der Waals surface area (Å²) in [6.45, 7) is 6.60. The molecule has 1 aliphatic rings. The Hall–Kier alpha value is -0.700. The molecule has 0 aromatic heterocycles. The van der Waals surface area contributed by atoms with Crippen LogP contribution in [-0.4, -0.2) is 66.5 Å². The van der Waals surface area contributed by atoms with Crippen LogP contribution in [0.4, 0.5) is 0 Å². The number of morpholine rings is 1. The predicted octanol–water partition coefficient (Wildman–Crippen LogP) is 0.139. The summed E-state index contributed by atoms with van der Waals surface area (Å²) in [6, 6.07) is 0. The summed E-state index contributed by atoms with van der Waals surface area (Å²) in [6.07, 6.45) is -0.208. The Balaban J connectivity index is 2.91. The van der Waals surface area contributed by atoms with E-state index in [2.05, 4.69) is 0 Å². The van der Waals surface area contributed by atoms with E-state index in [1.165, 1.54) is 8.61 Å². The molecule has 0 bridgehead atoms. The maximum absolute atomic E-state index is 12.5. The van der Waals surface area contributed by atoms with Crippen molar-refractivity contribution in [3.05, 3.63) is 0 Å². The van der Waals surface area contributed by atoms with Crippen molar-refractivity contribution in [1.82, 2.24) is 8.61 Å². The van der Waals surface area contributed by atoms with E-state index in [0.29, 0.717) is 26.3 Å². The van der Waals surface area contributed by atoms with Crippen LogP contribution in [0.25, 0.3) is 0 Å². The molecule has 1 heterocycles. The third kappa shape index (κ3) is 4.41. The van der Waals surface area contributed by atoms with Crippen molar-refractivity contribution in [2.75, 3.05) is 32.8 Å². The SMILES string of the molecule is CC(C)(C)N(CCC(=O)O)S(=O)(=O)N1CCOCC1. The number of nitrogens with zero attached hydrogens (tertiary/aromatic N) is 2. The molecule has 7 nitrogen and oxygen atoms in total. The van der Waals surface area contributed by atoms with Gasteiger partial charge in [0.25, 0.3) is 10.2 Å². The van der Waals surface area contributed by atoms with Crippen molar-refractivity contribution in [3.63, 3.8) is 0 Å². The van der Waals surface area contributed by atoms with E-state index < -0.39 is 21.7 Å². The minimum atomic E-state index is -3.65. The maximum atomic E-state index is 12.5. The third-order valence-corrected chi connectivity index (χ3v) is 5.16. The van der Waals surface area contributed by atoms with E-state index >= 15 is 0 Å². The molecule has 0 aromatic rings. The van der Waals surface area contributed by atoms with Crippen LogP contribution in [0, 0.1) is 0 Å². The molecule has 0 amide bonds. The smallest absolute Gasteiger partial charge is 0.304 e. The van der Waals surface area contributed by atoms with Crippen LogP contribution in [0.1, 0.15) is 27.2 Å². The fraction of sp³-hybridized carbons (Fsp3) is 0.909. The molecule has 0 atom stereocenters. The summed E-state index contributed by atoms with van der Waals surface area (Å²) in [7, 11) is -3.65. The standard InChI is InChI=1S/C11H22N2O5S/c1-11(2,3)13(5-4-10(14)15)19(16,17)12-6-8-18-9-7-12/h4-9H2,1-3H3,(H,14,15). The second kappa shape index (κ2) is 6.17. The lowest BCUT2D eigenvalue weighted by molar-refractivity contribution is -0.137. The van der Waals surface area contributed by atoms with Gasteiger partial charge in [-0.25, -0.2) is 0 Å². The van der Waals surface area contributed by atoms with Crippen LogP contribution >= 0.6 is 0 Å². The van der Waals surface area contributed by atoms with E-state index in [1.54, 1.807) is 20.8 Å². The second-order valence-corrected chi connectivity index (χ2v) is 7.26. The van der Waals surface area contributed by atoms with E-state index in [4.69, 9.17) is 9.84 Å². The molecule has 8 heteroatoms. The molecular formula is C11H22N2O5S. The van der Waals surface area contributed by atoms with Gasteiger partial charge in [0, 0.05) is 25.2 Å². The Kier molecular flexibility index (Phi) is 5.31. The number of ether oxygens (including phenoxy) is 1. The lowest BCUT2D eigenvalue weighted by Crippen LogP contribution is -2.55. The van der Waals surface area contributed by atoms with Crippen molar-refractivity contribution < 1.29 is 23.1 Å². The van der Waals surface area contributed by atoms with E-state index in [9.17, 15) is 13.2 Å². The molecule has 0 radical (unpaired) electrons. The number of carboxylic acid groups (broad SMARTS) is 1. The van der Waals surface area contributed by atoms with Gasteiger partial charge in [0.2, 0.25) is 0 Å². The summed E-state index contributed by atoms with van der Waals surface area (Å²) < 4.78 is 32.8. The number of carbonyl (C=O) groups is 1. The molecular weight excluding hydrogens is 272 g/mol. The minimum absolute atomic E-state index is 0.0292. The summed E-state index contributed by atoms with van der Waals surface area (Å²) in [5.41, 5.74) is -0.660. The number of hydrogen-bond donors (Lipinski definition) is 1. The summed E-state index contributed by atoms with van der Waals surface area (Å²) in [4.78, 5) is 10.7. The van der Waals surface area contributed by atoms with Crippen molar-refractivity contribution in [2.45, 2.75) is 32.7 Å². The van der Waals surface area contributed by atoms with Gasteiger partial charge in [-0.05, 0) is 20.8 Å². The number of rotatable bonds is 5. The van der Waals surface area contributed by atoms with Crippen molar-refractivity contribution >= 4 is 16.2 Å². The van der Waals surface area contributed by atoms with Crippen molar-refractivity contribution in [2.24, 2.45) is 0 Å². The fourth-order valence-electron chi connectivity index (χ4n) is 1.91. The zero-order valence-corrected chi connectivity index (χ0v) is 12.4. The third-order valence-electron chi connectivity index (χ3n) is 2.85. The first-order chi connectivity index (χ1) is 8.65. The van der Waals surface area contributed by atoms with Crippen LogP contribution in [0.5, 0.6) is 0 Å². The van der Waals surface area contributed by atoms with Gasteiger partial charge in [-0.3, -0.25) is 4.79 Å². The summed E-state index contributed by atoms with van der Waals surface area (Å²) in [5, 5.41) is 8.75. The molecule has 1 aliphatic heterocycles. The number of aliphatic carboxylic acids is 1. The topological polar surface area (TPSA) is 87.2 Å².